The second-order valence-electron chi connectivity index (χ2n) is 7.33. The lowest BCUT2D eigenvalue weighted by molar-refractivity contribution is -0.120. The number of carbonyl (C=O) groups excluding carboxylic acids is 1. The summed E-state index contributed by atoms with van der Waals surface area (Å²) in [7, 11) is -2.50. The van der Waals surface area contributed by atoms with Gasteiger partial charge < -0.3 is 19.5 Å². The molecule has 0 aliphatic carbocycles. The number of sulfonamides is 1. The van der Waals surface area contributed by atoms with Gasteiger partial charge in [0.05, 0.1) is 24.2 Å². The molecule has 0 radical (unpaired) electrons. The van der Waals surface area contributed by atoms with E-state index >= 15 is 0 Å². The summed E-state index contributed by atoms with van der Waals surface area (Å²) < 4.78 is 44.5. The molecule has 3 aromatic carbocycles. The summed E-state index contributed by atoms with van der Waals surface area (Å²) in [5.74, 6) is 1.26. The second-order valence-corrected chi connectivity index (χ2v) is 9.19. The highest BCUT2D eigenvalue weighted by Crippen LogP contribution is 2.31. The Bertz CT molecular complexity index is 1220. The van der Waals surface area contributed by atoms with Gasteiger partial charge in [-0.2, -0.15) is 0 Å². The first-order chi connectivity index (χ1) is 16.0. The van der Waals surface area contributed by atoms with Crippen molar-refractivity contribution in [2.75, 3.05) is 31.1 Å². The fourth-order valence-corrected chi connectivity index (χ4v) is 4.81. The van der Waals surface area contributed by atoms with E-state index in [9.17, 15) is 13.2 Å². The number of ether oxygens (including phenoxy) is 3. The van der Waals surface area contributed by atoms with Gasteiger partial charge in [0.15, 0.2) is 11.5 Å². The summed E-state index contributed by atoms with van der Waals surface area (Å²) in [5.41, 5.74) is 0.319. The molecule has 172 valence electrons. The number of hydrogen-bond acceptors (Lipinski definition) is 6. The van der Waals surface area contributed by atoms with E-state index in [1.54, 1.807) is 48.5 Å². The Morgan fingerprint density at radius 2 is 1.76 bits per heavy atom. The van der Waals surface area contributed by atoms with Crippen molar-refractivity contribution in [3.8, 4) is 17.2 Å². The summed E-state index contributed by atoms with van der Waals surface area (Å²) >= 11 is 0. The SMILES string of the molecule is COc1cccc(N(CC(=O)NC[C@@H]2COc3ccccc3O2)S(=O)(=O)c2ccccc2)c1. The number of carbonyl (C=O) groups is 1. The molecule has 4 rings (SSSR count). The molecule has 0 saturated heterocycles. The second kappa shape index (κ2) is 9.83. The minimum atomic E-state index is -4.00. The standard InChI is InChI=1S/C24H24N2O6S/c1-30-19-9-7-8-18(14-19)26(33(28,29)21-10-3-2-4-11-21)16-24(27)25-15-20-17-31-22-12-5-6-13-23(22)32-20/h2-14,20H,15-17H2,1H3,(H,25,27)/t20-/m1/s1. The number of rotatable bonds is 8. The van der Waals surface area contributed by atoms with Gasteiger partial charge in [-0.15, -0.1) is 0 Å². The normalized spacial score (nSPS) is 14.9. The van der Waals surface area contributed by atoms with Crippen molar-refractivity contribution in [2.24, 2.45) is 0 Å². The molecule has 3 aromatic rings. The Morgan fingerprint density at radius 1 is 1.03 bits per heavy atom. The van der Waals surface area contributed by atoms with Crippen LogP contribution in [0.25, 0.3) is 0 Å². The van der Waals surface area contributed by atoms with Crippen LogP contribution in [0.5, 0.6) is 17.2 Å². The maximum absolute atomic E-state index is 13.4. The predicted molar refractivity (Wildman–Crippen MR) is 123 cm³/mol. The van der Waals surface area contributed by atoms with Gasteiger partial charge >= 0.3 is 0 Å². The molecule has 0 bridgehead atoms. The number of benzene rings is 3. The van der Waals surface area contributed by atoms with Gasteiger partial charge in [0.25, 0.3) is 10.0 Å². The van der Waals surface area contributed by atoms with Crippen molar-refractivity contribution in [3.63, 3.8) is 0 Å². The monoisotopic (exact) mass is 468 g/mol. The van der Waals surface area contributed by atoms with Crippen molar-refractivity contribution in [1.29, 1.82) is 0 Å². The first kappa shape index (κ1) is 22.5. The van der Waals surface area contributed by atoms with Crippen molar-refractivity contribution in [3.05, 3.63) is 78.9 Å². The highest BCUT2D eigenvalue weighted by molar-refractivity contribution is 7.92. The summed E-state index contributed by atoms with van der Waals surface area (Å²) in [6.07, 6.45) is -0.389. The zero-order valence-corrected chi connectivity index (χ0v) is 18.8. The van der Waals surface area contributed by atoms with E-state index in [1.807, 2.05) is 18.2 Å². The molecule has 1 atom stereocenters. The lowest BCUT2D eigenvalue weighted by Gasteiger charge is -2.27. The van der Waals surface area contributed by atoms with Crippen LogP contribution in [0.4, 0.5) is 5.69 Å². The van der Waals surface area contributed by atoms with Crippen LogP contribution in [0.2, 0.25) is 0 Å². The molecule has 8 nitrogen and oxygen atoms in total. The number of anilines is 1. The van der Waals surface area contributed by atoms with Crippen LogP contribution in [0.15, 0.2) is 83.8 Å². The van der Waals surface area contributed by atoms with Crippen LogP contribution in [0, 0.1) is 0 Å². The molecule has 0 aromatic heterocycles. The lowest BCUT2D eigenvalue weighted by atomic mass is 10.2. The zero-order valence-electron chi connectivity index (χ0n) is 18.0. The topological polar surface area (TPSA) is 94.2 Å². The summed E-state index contributed by atoms with van der Waals surface area (Å²) in [4.78, 5) is 12.9. The predicted octanol–water partition coefficient (Wildman–Crippen LogP) is 2.85. The van der Waals surface area contributed by atoms with Gasteiger partial charge in [-0.05, 0) is 36.4 Å². The molecule has 9 heteroatoms. The number of nitrogens with one attached hydrogen (secondary N) is 1. The maximum atomic E-state index is 13.4. The molecule has 1 N–H and O–H groups in total. The van der Waals surface area contributed by atoms with Crippen molar-refractivity contribution < 1.29 is 27.4 Å². The zero-order chi connectivity index (χ0) is 23.3. The largest absolute Gasteiger partial charge is 0.497 e. The Morgan fingerprint density at radius 3 is 2.52 bits per heavy atom. The van der Waals surface area contributed by atoms with Crippen molar-refractivity contribution in [1.82, 2.24) is 5.32 Å². The van der Waals surface area contributed by atoms with Crippen LogP contribution < -0.4 is 23.8 Å². The van der Waals surface area contributed by atoms with Crippen LogP contribution in [-0.2, 0) is 14.8 Å². The maximum Gasteiger partial charge on any atom is 0.264 e. The molecule has 0 spiro atoms. The average Bonchev–Trinajstić information content (AvgIpc) is 2.86. The van der Waals surface area contributed by atoms with Gasteiger partial charge in [-0.3, -0.25) is 9.10 Å². The Kier molecular flexibility index (Phi) is 6.69. The number of fused-ring (bicyclic) bond motifs is 1. The molecule has 1 amide bonds. The quantitative estimate of drug-likeness (QED) is 0.546. The van der Waals surface area contributed by atoms with Gasteiger partial charge in [0.2, 0.25) is 5.91 Å². The minimum Gasteiger partial charge on any atom is -0.497 e. The Labute approximate surface area is 192 Å². The smallest absolute Gasteiger partial charge is 0.264 e. The van der Waals surface area contributed by atoms with E-state index in [2.05, 4.69) is 5.32 Å². The molecule has 0 fully saturated rings. The van der Waals surface area contributed by atoms with Crippen LogP contribution in [0.1, 0.15) is 0 Å². The molecule has 1 heterocycles. The molecular weight excluding hydrogens is 444 g/mol. The number of amides is 1. The summed E-state index contributed by atoms with van der Waals surface area (Å²) in [6, 6.07) is 21.8. The Hall–Kier alpha value is -3.72. The van der Waals surface area contributed by atoms with Gasteiger partial charge in [-0.1, -0.05) is 36.4 Å². The molecule has 0 unspecified atom stereocenters. The average molecular weight is 469 g/mol. The Balaban J connectivity index is 1.50. The van der Waals surface area contributed by atoms with Crippen molar-refractivity contribution >= 4 is 21.6 Å². The summed E-state index contributed by atoms with van der Waals surface area (Å²) in [6.45, 7) is 0.0399. The van der Waals surface area contributed by atoms with Crippen LogP contribution in [-0.4, -0.2) is 47.2 Å². The number of hydrogen-bond donors (Lipinski definition) is 1. The third-order valence-electron chi connectivity index (χ3n) is 5.05. The van der Waals surface area contributed by atoms with Gasteiger partial charge in [-0.25, -0.2) is 8.42 Å². The van der Waals surface area contributed by atoms with E-state index in [0.717, 1.165) is 4.31 Å². The minimum absolute atomic E-state index is 0.0845. The van der Waals surface area contributed by atoms with Crippen LogP contribution >= 0.6 is 0 Å². The third-order valence-corrected chi connectivity index (χ3v) is 6.84. The van der Waals surface area contributed by atoms with E-state index < -0.39 is 22.5 Å². The van der Waals surface area contributed by atoms with E-state index in [4.69, 9.17) is 14.2 Å². The number of para-hydroxylation sites is 2. The molecule has 1 aliphatic rings. The fourth-order valence-electron chi connectivity index (χ4n) is 3.38. The lowest BCUT2D eigenvalue weighted by Crippen LogP contribution is -2.45. The van der Waals surface area contributed by atoms with E-state index in [0.29, 0.717) is 22.9 Å². The fraction of sp³-hybridized carbons (Fsp3) is 0.208. The molecular formula is C24H24N2O6S. The molecule has 1 aliphatic heterocycles. The van der Waals surface area contributed by atoms with Crippen molar-refractivity contribution in [2.45, 2.75) is 11.0 Å². The van der Waals surface area contributed by atoms with Gasteiger partial charge in [0, 0.05) is 6.07 Å². The van der Waals surface area contributed by atoms with Crippen LogP contribution in [0.3, 0.4) is 0 Å². The molecule has 33 heavy (non-hydrogen) atoms. The first-order valence-corrected chi connectivity index (χ1v) is 11.8. The number of methoxy groups -OCH3 is 1. The molecule has 0 saturated carbocycles. The first-order valence-electron chi connectivity index (χ1n) is 10.3. The highest BCUT2D eigenvalue weighted by atomic mass is 32.2. The highest BCUT2D eigenvalue weighted by Gasteiger charge is 2.28. The number of nitrogens with zero attached hydrogens (tertiary/aromatic N) is 1. The third kappa shape index (κ3) is 5.20. The van der Waals surface area contributed by atoms with E-state index in [1.165, 1.54) is 19.2 Å². The van der Waals surface area contributed by atoms with Gasteiger partial charge in [0.1, 0.15) is 25.0 Å². The van der Waals surface area contributed by atoms with E-state index in [-0.39, 0.29) is 24.2 Å². The summed E-state index contributed by atoms with van der Waals surface area (Å²) in [5, 5.41) is 2.75.